The van der Waals surface area contributed by atoms with Gasteiger partial charge in [-0.15, -0.1) is 0 Å². The molecule has 0 aromatic heterocycles. The highest BCUT2D eigenvalue weighted by molar-refractivity contribution is 6.85. The second-order valence-electron chi connectivity index (χ2n) is 3.97. The standard InChI is InChI=1S/C6H17OSi2/c1-8(2,3)7-9(4,5)6/h1H2,2-6H3. The lowest BCUT2D eigenvalue weighted by Gasteiger charge is -2.27. The molecule has 55 valence electrons. The molecular weight excluding hydrogens is 144 g/mol. The molecule has 0 atom stereocenters. The van der Waals surface area contributed by atoms with Gasteiger partial charge in [0, 0.05) is 0 Å². The Hall–Kier alpha value is 0.394. The van der Waals surface area contributed by atoms with Gasteiger partial charge in [0.05, 0.1) is 0 Å². The van der Waals surface area contributed by atoms with Crippen LogP contribution >= 0.6 is 0 Å². The van der Waals surface area contributed by atoms with Crippen LogP contribution in [0.3, 0.4) is 0 Å². The molecule has 0 aliphatic rings. The van der Waals surface area contributed by atoms with Crippen molar-refractivity contribution in [1.82, 2.24) is 0 Å². The van der Waals surface area contributed by atoms with Crippen LogP contribution in [0.2, 0.25) is 32.7 Å². The third kappa shape index (κ3) is 8.39. The summed E-state index contributed by atoms with van der Waals surface area (Å²) in [5, 5.41) is 0. The lowest BCUT2D eigenvalue weighted by Crippen LogP contribution is -2.40. The third-order valence-corrected chi connectivity index (χ3v) is 5.24. The van der Waals surface area contributed by atoms with E-state index in [2.05, 4.69) is 39.3 Å². The third-order valence-electron chi connectivity index (χ3n) is 0.582. The summed E-state index contributed by atoms with van der Waals surface area (Å²) in [6, 6.07) is 0. The second-order valence-corrected chi connectivity index (χ2v) is 12.5. The van der Waals surface area contributed by atoms with Gasteiger partial charge in [0.1, 0.15) is 0 Å². The average Bonchev–Trinajstić information content (AvgIpc) is 1.14. The van der Waals surface area contributed by atoms with E-state index >= 15 is 0 Å². The highest BCUT2D eigenvalue weighted by Crippen LogP contribution is 2.11. The summed E-state index contributed by atoms with van der Waals surface area (Å²) in [5.41, 5.74) is 0. The molecular formula is C6H17OSi2. The van der Waals surface area contributed by atoms with E-state index < -0.39 is 16.6 Å². The van der Waals surface area contributed by atoms with E-state index in [9.17, 15) is 0 Å². The van der Waals surface area contributed by atoms with Crippen molar-refractivity contribution in [2.75, 3.05) is 0 Å². The van der Waals surface area contributed by atoms with Crippen molar-refractivity contribution in [3.63, 3.8) is 0 Å². The van der Waals surface area contributed by atoms with E-state index in [-0.39, 0.29) is 0 Å². The van der Waals surface area contributed by atoms with E-state index in [0.29, 0.717) is 0 Å². The Balaban J connectivity index is 3.75. The molecule has 0 saturated carbocycles. The van der Waals surface area contributed by atoms with Crippen LogP contribution < -0.4 is 0 Å². The molecule has 0 spiro atoms. The predicted molar refractivity (Wildman–Crippen MR) is 47.3 cm³/mol. The van der Waals surface area contributed by atoms with Gasteiger partial charge < -0.3 is 4.12 Å². The van der Waals surface area contributed by atoms with Crippen molar-refractivity contribution in [2.45, 2.75) is 32.7 Å². The van der Waals surface area contributed by atoms with E-state index in [1.54, 1.807) is 0 Å². The maximum Gasteiger partial charge on any atom is 0.173 e. The molecule has 0 unspecified atom stereocenters. The number of hydrogen-bond acceptors (Lipinski definition) is 1. The quantitative estimate of drug-likeness (QED) is 0.565. The SMILES string of the molecule is [CH2][Si](C)(C)O[Si](C)(C)C. The van der Waals surface area contributed by atoms with Gasteiger partial charge in [0.15, 0.2) is 16.6 Å². The highest BCUT2D eigenvalue weighted by atomic mass is 28.4. The van der Waals surface area contributed by atoms with E-state index in [0.717, 1.165) is 0 Å². The molecule has 1 nitrogen and oxygen atoms in total. The first-order valence-corrected chi connectivity index (χ1v) is 9.79. The monoisotopic (exact) mass is 161 g/mol. The normalized spacial score (nSPS) is 14.0. The number of hydrogen-bond donors (Lipinski definition) is 0. The molecule has 0 aliphatic carbocycles. The number of rotatable bonds is 2. The molecule has 0 heterocycles. The van der Waals surface area contributed by atoms with Crippen LogP contribution in [0, 0.1) is 6.55 Å². The molecule has 0 amide bonds. The summed E-state index contributed by atoms with van der Waals surface area (Å²) in [6.07, 6.45) is 0. The Labute approximate surface area is 60.7 Å². The fourth-order valence-electron chi connectivity index (χ4n) is 0.829. The molecule has 0 aliphatic heterocycles. The smallest absolute Gasteiger partial charge is 0.173 e. The zero-order chi connectivity index (χ0) is 7.71. The zero-order valence-corrected chi connectivity index (χ0v) is 9.12. The van der Waals surface area contributed by atoms with Crippen molar-refractivity contribution in [2.24, 2.45) is 0 Å². The minimum absolute atomic E-state index is 1.29. The summed E-state index contributed by atoms with van der Waals surface area (Å²) >= 11 is 0. The van der Waals surface area contributed by atoms with Gasteiger partial charge in [0.25, 0.3) is 0 Å². The maximum atomic E-state index is 5.79. The summed E-state index contributed by atoms with van der Waals surface area (Å²) in [7, 11) is -2.77. The second kappa shape index (κ2) is 2.56. The average molecular weight is 161 g/mol. The molecule has 0 fully saturated rings. The fourth-order valence-corrected chi connectivity index (χ4v) is 7.46. The van der Waals surface area contributed by atoms with E-state index in [4.69, 9.17) is 4.12 Å². The summed E-state index contributed by atoms with van der Waals surface area (Å²) in [4.78, 5) is 0. The molecule has 0 aromatic rings. The summed E-state index contributed by atoms with van der Waals surface area (Å²) < 4.78 is 5.79. The van der Waals surface area contributed by atoms with Crippen LogP contribution in [0.25, 0.3) is 0 Å². The lowest BCUT2D eigenvalue weighted by atomic mass is 11.8. The van der Waals surface area contributed by atoms with Crippen LogP contribution in [0.4, 0.5) is 0 Å². The van der Waals surface area contributed by atoms with Crippen molar-refractivity contribution >= 4 is 16.6 Å². The first-order valence-electron chi connectivity index (χ1n) is 3.26. The summed E-state index contributed by atoms with van der Waals surface area (Å²) in [6.45, 7) is 14.9. The van der Waals surface area contributed by atoms with E-state index in [1.165, 1.54) is 0 Å². The van der Waals surface area contributed by atoms with Crippen LogP contribution in [0.15, 0.2) is 0 Å². The minimum Gasteiger partial charge on any atom is -0.456 e. The molecule has 0 saturated heterocycles. The van der Waals surface area contributed by atoms with E-state index in [1.807, 2.05) is 0 Å². The molecule has 9 heavy (non-hydrogen) atoms. The van der Waals surface area contributed by atoms with Crippen LogP contribution in [-0.4, -0.2) is 16.6 Å². The molecule has 3 heteroatoms. The molecule has 1 radical (unpaired) electrons. The lowest BCUT2D eigenvalue weighted by molar-refractivity contribution is 0.564. The molecule has 0 N–H and O–H groups in total. The van der Waals surface area contributed by atoms with Crippen LogP contribution in [-0.2, 0) is 4.12 Å². The Morgan fingerprint density at radius 2 is 1.33 bits per heavy atom. The fraction of sp³-hybridized carbons (Fsp3) is 0.833. The van der Waals surface area contributed by atoms with Gasteiger partial charge in [-0.25, -0.2) is 0 Å². The van der Waals surface area contributed by atoms with Gasteiger partial charge in [-0.05, 0) is 39.3 Å². The Kier molecular flexibility index (Phi) is 2.67. The Morgan fingerprint density at radius 1 is 1.00 bits per heavy atom. The van der Waals surface area contributed by atoms with Crippen molar-refractivity contribution in [3.8, 4) is 0 Å². The van der Waals surface area contributed by atoms with Crippen LogP contribution in [0.5, 0.6) is 0 Å². The zero-order valence-electron chi connectivity index (χ0n) is 7.12. The maximum absolute atomic E-state index is 5.79. The highest BCUT2D eigenvalue weighted by Gasteiger charge is 2.24. The Bertz CT molecular complexity index is 76.2. The molecule has 0 rings (SSSR count). The largest absolute Gasteiger partial charge is 0.456 e. The first-order chi connectivity index (χ1) is 3.71. The minimum atomic E-state index is -1.48. The van der Waals surface area contributed by atoms with Crippen molar-refractivity contribution in [3.05, 3.63) is 6.55 Å². The van der Waals surface area contributed by atoms with Gasteiger partial charge in [-0.2, -0.15) is 0 Å². The Morgan fingerprint density at radius 3 is 1.33 bits per heavy atom. The molecule has 0 bridgehead atoms. The van der Waals surface area contributed by atoms with Crippen molar-refractivity contribution in [1.29, 1.82) is 0 Å². The van der Waals surface area contributed by atoms with Gasteiger partial charge in [-0.1, -0.05) is 0 Å². The summed E-state index contributed by atoms with van der Waals surface area (Å²) in [5.74, 6) is 0. The van der Waals surface area contributed by atoms with Crippen LogP contribution in [0.1, 0.15) is 0 Å². The van der Waals surface area contributed by atoms with Gasteiger partial charge in [0.2, 0.25) is 0 Å². The van der Waals surface area contributed by atoms with Gasteiger partial charge in [-0.3, -0.25) is 0 Å². The topological polar surface area (TPSA) is 9.23 Å². The first kappa shape index (κ1) is 9.39. The predicted octanol–water partition coefficient (Wildman–Crippen LogP) is 2.42. The molecule has 0 aromatic carbocycles. The van der Waals surface area contributed by atoms with Crippen molar-refractivity contribution < 1.29 is 4.12 Å². The van der Waals surface area contributed by atoms with Gasteiger partial charge >= 0.3 is 0 Å².